The van der Waals surface area contributed by atoms with Crippen molar-refractivity contribution in [3.63, 3.8) is 0 Å². The molecule has 1 aliphatic rings. The summed E-state index contributed by atoms with van der Waals surface area (Å²) in [5.74, 6) is -0.919. The third kappa shape index (κ3) is 4.36. The molecule has 7 nitrogen and oxygen atoms in total. The minimum Gasteiger partial charge on any atom is -0.396 e. The fourth-order valence-electron chi connectivity index (χ4n) is 4.67. The summed E-state index contributed by atoms with van der Waals surface area (Å²) in [7, 11) is 0. The number of aliphatic hydroxyl groups is 2. The van der Waals surface area contributed by atoms with E-state index < -0.39 is 34.6 Å². The minimum absolute atomic E-state index is 0.0294. The molecule has 5 rings (SSSR count). The highest BCUT2D eigenvalue weighted by atomic mass is 19.4. The predicted octanol–water partition coefficient (Wildman–Crippen LogP) is 5.33. The van der Waals surface area contributed by atoms with Gasteiger partial charge in [-0.05, 0) is 37.3 Å². The highest BCUT2D eigenvalue weighted by molar-refractivity contribution is 5.88. The summed E-state index contributed by atoms with van der Waals surface area (Å²) >= 11 is 0. The molecule has 10 heteroatoms. The Labute approximate surface area is 209 Å². The van der Waals surface area contributed by atoms with Crippen LogP contribution < -0.4 is 0 Å². The summed E-state index contributed by atoms with van der Waals surface area (Å²) in [5, 5.41) is 27.6. The highest BCUT2D eigenvalue weighted by Crippen LogP contribution is 2.46. The maximum Gasteiger partial charge on any atom is 0.422 e. The van der Waals surface area contributed by atoms with E-state index in [1.807, 2.05) is 0 Å². The first kappa shape index (κ1) is 24.9. The van der Waals surface area contributed by atoms with E-state index in [1.54, 1.807) is 36.4 Å². The number of nitrogens with zero attached hydrogens (tertiary/aromatic N) is 2. The minimum atomic E-state index is -4.75. The molecule has 2 N–H and O–H groups in total. The van der Waals surface area contributed by atoms with E-state index in [2.05, 4.69) is 10.3 Å². The highest BCUT2D eigenvalue weighted by Gasteiger charge is 2.43. The second-order valence-electron chi connectivity index (χ2n) is 9.13. The van der Waals surface area contributed by atoms with Gasteiger partial charge in [-0.25, -0.2) is 0 Å². The first-order valence-electron chi connectivity index (χ1n) is 11.7. The SMILES string of the molecule is C[C@](O)(C(=O)CCCO)c1ccc2c(c1)CCc1c-2noc1-c1noc(-c2ccccc2)c1C(F)(F)F. The number of fused-ring (bicyclic) bond motifs is 3. The van der Waals surface area contributed by atoms with Crippen molar-refractivity contribution in [3.05, 3.63) is 70.8 Å². The van der Waals surface area contributed by atoms with Gasteiger partial charge in [-0.1, -0.05) is 58.8 Å². The summed E-state index contributed by atoms with van der Waals surface area (Å²) in [6.45, 7) is 1.25. The molecule has 2 aromatic carbocycles. The van der Waals surface area contributed by atoms with Gasteiger partial charge in [0.15, 0.2) is 23.0 Å². The van der Waals surface area contributed by atoms with Crippen LogP contribution in [0.3, 0.4) is 0 Å². The van der Waals surface area contributed by atoms with Crippen molar-refractivity contribution in [3.8, 4) is 34.0 Å². The summed E-state index contributed by atoms with van der Waals surface area (Å²) in [6.07, 6.45) is -3.73. The van der Waals surface area contributed by atoms with Crippen molar-refractivity contribution < 1.29 is 37.2 Å². The number of hydrogen-bond donors (Lipinski definition) is 2. The Balaban J connectivity index is 1.55. The van der Waals surface area contributed by atoms with E-state index in [0.717, 1.165) is 5.56 Å². The van der Waals surface area contributed by atoms with Crippen LogP contribution in [-0.2, 0) is 29.4 Å². The second kappa shape index (κ2) is 9.28. The van der Waals surface area contributed by atoms with Crippen LogP contribution in [0.4, 0.5) is 13.2 Å². The monoisotopic (exact) mass is 512 g/mol. The molecule has 2 heterocycles. The van der Waals surface area contributed by atoms with Gasteiger partial charge < -0.3 is 19.3 Å². The Kier molecular flexibility index (Phi) is 6.25. The normalized spacial score (nSPS) is 14.6. The van der Waals surface area contributed by atoms with Gasteiger partial charge in [0.25, 0.3) is 0 Å². The molecule has 0 radical (unpaired) electrons. The van der Waals surface area contributed by atoms with Crippen molar-refractivity contribution in [2.45, 2.75) is 44.4 Å². The lowest BCUT2D eigenvalue weighted by Gasteiger charge is -2.25. The van der Waals surface area contributed by atoms with E-state index in [9.17, 15) is 23.1 Å². The van der Waals surface area contributed by atoms with Gasteiger partial charge in [0, 0.05) is 29.7 Å². The Bertz CT molecular complexity index is 1450. The van der Waals surface area contributed by atoms with Crippen LogP contribution in [0.5, 0.6) is 0 Å². The van der Waals surface area contributed by atoms with Crippen LogP contribution >= 0.6 is 0 Å². The lowest BCUT2D eigenvalue weighted by atomic mass is 9.83. The van der Waals surface area contributed by atoms with E-state index in [1.165, 1.54) is 19.1 Å². The van der Waals surface area contributed by atoms with Crippen LogP contribution in [-0.4, -0.2) is 32.9 Å². The molecule has 0 aliphatic heterocycles. The first-order chi connectivity index (χ1) is 17.6. The van der Waals surface area contributed by atoms with Crippen LogP contribution in [0.25, 0.3) is 34.0 Å². The third-order valence-corrected chi connectivity index (χ3v) is 6.69. The first-order valence-corrected chi connectivity index (χ1v) is 11.7. The van der Waals surface area contributed by atoms with Crippen molar-refractivity contribution in [1.29, 1.82) is 0 Å². The lowest BCUT2D eigenvalue weighted by molar-refractivity contribution is -0.137. The third-order valence-electron chi connectivity index (χ3n) is 6.69. The zero-order valence-electron chi connectivity index (χ0n) is 19.8. The molecule has 0 bridgehead atoms. The number of alkyl halides is 3. The van der Waals surface area contributed by atoms with Crippen molar-refractivity contribution in [2.75, 3.05) is 6.61 Å². The Morgan fingerprint density at radius 3 is 2.41 bits per heavy atom. The van der Waals surface area contributed by atoms with Gasteiger partial charge in [0.2, 0.25) is 0 Å². The molecule has 0 saturated carbocycles. The number of hydrogen-bond acceptors (Lipinski definition) is 7. The molecule has 0 fully saturated rings. The van der Waals surface area contributed by atoms with Crippen LogP contribution in [0, 0.1) is 0 Å². The summed E-state index contributed by atoms with van der Waals surface area (Å²) in [5.41, 5.74) is -0.328. The van der Waals surface area contributed by atoms with Gasteiger partial charge in [-0.15, -0.1) is 0 Å². The number of halogens is 3. The fourth-order valence-corrected chi connectivity index (χ4v) is 4.67. The van der Waals surface area contributed by atoms with Gasteiger partial charge in [-0.2, -0.15) is 13.2 Å². The maximum absolute atomic E-state index is 14.2. The molecule has 37 heavy (non-hydrogen) atoms. The van der Waals surface area contributed by atoms with E-state index >= 15 is 0 Å². The molecule has 2 aromatic heterocycles. The van der Waals surface area contributed by atoms with Gasteiger partial charge >= 0.3 is 6.18 Å². The standard InChI is InChI=1S/C27H23F3N2O5/c1-26(35,20(34)8-5-13-33)17-10-12-18-16(14-17)9-11-19-22(18)31-37-25(19)23-21(27(28,29)30)24(36-32-23)15-6-3-2-4-7-15/h2-4,6-7,10,12,14,33,35H,5,8-9,11,13H2,1H3/t26-/m1/s1. The van der Waals surface area contributed by atoms with Crippen molar-refractivity contribution in [1.82, 2.24) is 10.3 Å². The van der Waals surface area contributed by atoms with E-state index in [0.29, 0.717) is 35.2 Å². The molecule has 1 atom stereocenters. The predicted molar refractivity (Wildman–Crippen MR) is 126 cm³/mol. The van der Waals surface area contributed by atoms with Crippen LogP contribution in [0.1, 0.15) is 42.0 Å². The number of rotatable bonds is 7. The summed E-state index contributed by atoms with van der Waals surface area (Å²) in [4.78, 5) is 12.5. The van der Waals surface area contributed by atoms with Crippen molar-refractivity contribution >= 4 is 5.78 Å². The number of carbonyl (C=O) groups excluding carboxylic acids is 1. The number of aryl methyl sites for hydroxylation is 1. The quantitative estimate of drug-likeness (QED) is 0.344. The fraction of sp³-hybridized carbons (Fsp3) is 0.296. The van der Waals surface area contributed by atoms with E-state index in [-0.39, 0.29) is 30.8 Å². The molecular formula is C27H23F3N2O5. The van der Waals surface area contributed by atoms with Gasteiger partial charge in [-0.3, -0.25) is 4.79 Å². The number of carbonyl (C=O) groups is 1. The van der Waals surface area contributed by atoms with E-state index in [4.69, 9.17) is 14.2 Å². The van der Waals surface area contributed by atoms with Crippen molar-refractivity contribution in [2.24, 2.45) is 0 Å². The number of benzene rings is 2. The average Bonchev–Trinajstić information content (AvgIpc) is 3.52. The molecule has 0 unspecified atom stereocenters. The molecule has 0 amide bonds. The smallest absolute Gasteiger partial charge is 0.396 e. The average molecular weight is 512 g/mol. The maximum atomic E-state index is 14.2. The summed E-state index contributed by atoms with van der Waals surface area (Å²) < 4.78 is 53.1. The molecule has 0 saturated heterocycles. The second-order valence-corrected chi connectivity index (χ2v) is 9.13. The zero-order chi connectivity index (χ0) is 26.4. The molecule has 4 aromatic rings. The Morgan fingerprint density at radius 1 is 1.00 bits per heavy atom. The molecule has 0 spiro atoms. The lowest BCUT2D eigenvalue weighted by Crippen LogP contribution is -2.32. The molecular weight excluding hydrogens is 489 g/mol. The topological polar surface area (TPSA) is 110 Å². The Hall–Kier alpha value is -3.76. The number of Topliss-reactive ketones (excluding diaryl/α,β-unsaturated/α-hetero) is 1. The van der Waals surface area contributed by atoms with Gasteiger partial charge in [0.05, 0.1) is 0 Å². The molecule has 1 aliphatic carbocycles. The Morgan fingerprint density at radius 2 is 1.70 bits per heavy atom. The zero-order valence-corrected chi connectivity index (χ0v) is 19.8. The van der Waals surface area contributed by atoms with Crippen LogP contribution in [0.2, 0.25) is 0 Å². The van der Waals surface area contributed by atoms with Crippen LogP contribution in [0.15, 0.2) is 57.6 Å². The molecule has 192 valence electrons. The largest absolute Gasteiger partial charge is 0.422 e. The number of ketones is 1. The number of aromatic nitrogens is 2. The summed E-state index contributed by atoms with van der Waals surface area (Å²) in [6, 6.07) is 12.9. The van der Waals surface area contributed by atoms with Gasteiger partial charge in [0.1, 0.15) is 16.9 Å². The number of aliphatic hydroxyl groups excluding tert-OH is 1.